The maximum atomic E-state index is 12.8. The van der Waals surface area contributed by atoms with E-state index in [-0.39, 0.29) is 17.4 Å². The molecule has 162 valence electrons. The van der Waals surface area contributed by atoms with Gasteiger partial charge in [0.25, 0.3) is 11.8 Å². The highest BCUT2D eigenvalue weighted by atomic mass is 16.3. The first kappa shape index (κ1) is 19.8. The minimum absolute atomic E-state index is 0.259. The van der Waals surface area contributed by atoms with Crippen molar-refractivity contribution in [3.05, 3.63) is 47.5 Å². The molecule has 1 aromatic carbocycles. The Bertz CT molecular complexity index is 1130. The molecule has 31 heavy (non-hydrogen) atoms. The van der Waals surface area contributed by atoms with Crippen LogP contribution in [0.1, 0.15) is 26.5 Å². The van der Waals surface area contributed by atoms with E-state index in [0.717, 1.165) is 50.2 Å². The summed E-state index contributed by atoms with van der Waals surface area (Å²) in [5.74, 6) is -0.0629. The van der Waals surface area contributed by atoms with Crippen molar-refractivity contribution in [3.8, 4) is 0 Å². The monoisotopic (exact) mass is 422 g/mol. The quantitative estimate of drug-likeness (QED) is 0.646. The second-order valence-corrected chi connectivity index (χ2v) is 8.19. The lowest BCUT2D eigenvalue weighted by atomic mass is 10.0. The van der Waals surface area contributed by atoms with E-state index in [1.807, 2.05) is 29.1 Å². The van der Waals surface area contributed by atoms with Crippen molar-refractivity contribution in [2.24, 2.45) is 0 Å². The van der Waals surface area contributed by atoms with Crippen molar-refractivity contribution >= 4 is 28.4 Å². The van der Waals surface area contributed by atoms with Crippen molar-refractivity contribution in [3.63, 3.8) is 0 Å². The van der Waals surface area contributed by atoms with Gasteiger partial charge in [-0.25, -0.2) is 0 Å². The van der Waals surface area contributed by atoms with Gasteiger partial charge in [-0.1, -0.05) is 0 Å². The predicted molar refractivity (Wildman–Crippen MR) is 116 cm³/mol. The SMILES string of the molecule is CN1CCN(CCn2ncc3cc(NC(=O)c4coc5c4C(=O)NCC5)ccc32)CC1. The molecule has 0 unspecified atom stereocenters. The van der Waals surface area contributed by atoms with E-state index in [2.05, 4.69) is 32.6 Å². The Hall–Kier alpha value is -3.17. The number of hydrogen-bond donors (Lipinski definition) is 2. The minimum atomic E-state index is -0.358. The second kappa shape index (κ2) is 8.16. The third kappa shape index (κ3) is 3.94. The Labute approximate surface area is 180 Å². The molecule has 2 aromatic heterocycles. The van der Waals surface area contributed by atoms with Crippen molar-refractivity contribution in [2.45, 2.75) is 13.0 Å². The molecule has 0 bridgehead atoms. The molecule has 2 aliphatic heterocycles. The number of aromatic nitrogens is 2. The fourth-order valence-electron chi connectivity index (χ4n) is 4.23. The third-order valence-corrected chi connectivity index (χ3v) is 6.10. The maximum absolute atomic E-state index is 12.8. The summed E-state index contributed by atoms with van der Waals surface area (Å²) in [5, 5.41) is 11.1. The average Bonchev–Trinajstić information content (AvgIpc) is 3.38. The zero-order valence-electron chi connectivity index (χ0n) is 17.6. The fraction of sp³-hybridized carbons (Fsp3) is 0.409. The molecular weight excluding hydrogens is 396 g/mol. The van der Waals surface area contributed by atoms with Gasteiger partial charge in [-0.3, -0.25) is 19.2 Å². The van der Waals surface area contributed by atoms with Gasteiger partial charge in [0.05, 0.1) is 29.4 Å². The van der Waals surface area contributed by atoms with Gasteiger partial charge in [-0.2, -0.15) is 5.10 Å². The number of likely N-dealkylation sites (N-methyl/N-ethyl adjacent to an activating group) is 1. The predicted octanol–water partition coefficient (Wildman–Crippen LogP) is 1.41. The van der Waals surface area contributed by atoms with Crippen molar-refractivity contribution in [2.75, 3.05) is 51.6 Å². The Morgan fingerprint density at radius 2 is 2.06 bits per heavy atom. The van der Waals surface area contributed by atoms with Gasteiger partial charge in [0, 0.05) is 56.8 Å². The summed E-state index contributed by atoms with van der Waals surface area (Å²) in [5.41, 5.74) is 2.28. The van der Waals surface area contributed by atoms with E-state index in [0.29, 0.717) is 30.0 Å². The zero-order valence-corrected chi connectivity index (χ0v) is 17.6. The lowest BCUT2D eigenvalue weighted by Gasteiger charge is -2.32. The minimum Gasteiger partial charge on any atom is -0.468 e. The number of amides is 2. The van der Waals surface area contributed by atoms with Crippen LogP contribution in [-0.4, -0.2) is 77.7 Å². The van der Waals surface area contributed by atoms with Crippen LogP contribution in [0.2, 0.25) is 0 Å². The molecule has 0 saturated carbocycles. The highest BCUT2D eigenvalue weighted by molar-refractivity contribution is 6.13. The molecule has 3 aromatic rings. The first-order valence-electron chi connectivity index (χ1n) is 10.6. The van der Waals surface area contributed by atoms with Crippen LogP contribution >= 0.6 is 0 Å². The van der Waals surface area contributed by atoms with Crippen LogP contribution in [-0.2, 0) is 13.0 Å². The van der Waals surface area contributed by atoms with E-state index < -0.39 is 0 Å². The molecule has 1 fully saturated rings. The van der Waals surface area contributed by atoms with Gasteiger partial charge in [0.15, 0.2) is 0 Å². The van der Waals surface area contributed by atoms with Gasteiger partial charge < -0.3 is 20.0 Å². The number of piperazine rings is 1. The molecule has 0 aliphatic carbocycles. The standard InChI is InChI=1S/C22H26N6O3/c1-26-6-8-27(9-7-26)10-11-28-18-3-2-16(12-15(18)13-24-28)25-21(29)17-14-31-19-4-5-23-22(30)20(17)19/h2-3,12-14H,4-11H2,1H3,(H,23,30)(H,25,29). The Morgan fingerprint density at radius 3 is 2.90 bits per heavy atom. The molecule has 2 aliphatic rings. The highest BCUT2D eigenvalue weighted by Gasteiger charge is 2.27. The number of carbonyl (C=O) groups is 2. The number of anilines is 1. The molecule has 2 N–H and O–H groups in total. The fourth-order valence-corrected chi connectivity index (χ4v) is 4.23. The molecule has 4 heterocycles. The average molecular weight is 422 g/mol. The summed E-state index contributed by atoms with van der Waals surface area (Å²) >= 11 is 0. The highest BCUT2D eigenvalue weighted by Crippen LogP contribution is 2.24. The smallest absolute Gasteiger partial charge is 0.259 e. The van der Waals surface area contributed by atoms with Crippen molar-refractivity contribution in [1.82, 2.24) is 24.9 Å². The van der Waals surface area contributed by atoms with E-state index >= 15 is 0 Å². The molecule has 9 heteroatoms. The number of nitrogens with one attached hydrogen (secondary N) is 2. The molecule has 1 saturated heterocycles. The van der Waals surface area contributed by atoms with Crippen LogP contribution in [0.4, 0.5) is 5.69 Å². The first-order valence-corrected chi connectivity index (χ1v) is 10.6. The number of carbonyl (C=O) groups excluding carboxylic acids is 2. The zero-order chi connectivity index (χ0) is 21.4. The van der Waals surface area contributed by atoms with E-state index in [4.69, 9.17) is 4.42 Å². The Kier molecular flexibility index (Phi) is 5.21. The lowest BCUT2D eigenvalue weighted by molar-refractivity contribution is 0.0932. The number of benzene rings is 1. The summed E-state index contributed by atoms with van der Waals surface area (Å²) in [6.07, 6.45) is 3.77. The normalized spacial score (nSPS) is 17.5. The lowest BCUT2D eigenvalue weighted by Crippen LogP contribution is -2.45. The first-order chi connectivity index (χ1) is 15.1. The number of fused-ring (bicyclic) bond motifs is 2. The van der Waals surface area contributed by atoms with E-state index in [1.54, 1.807) is 0 Å². The Morgan fingerprint density at radius 1 is 1.23 bits per heavy atom. The van der Waals surface area contributed by atoms with Gasteiger partial charge in [0.1, 0.15) is 12.0 Å². The summed E-state index contributed by atoms with van der Waals surface area (Å²) in [4.78, 5) is 29.7. The van der Waals surface area contributed by atoms with Gasteiger partial charge in [0.2, 0.25) is 0 Å². The van der Waals surface area contributed by atoms with Gasteiger partial charge in [-0.15, -0.1) is 0 Å². The van der Waals surface area contributed by atoms with E-state index in [1.165, 1.54) is 6.26 Å². The molecule has 0 spiro atoms. The van der Waals surface area contributed by atoms with Gasteiger partial charge >= 0.3 is 0 Å². The van der Waals surface area contributed by atoms with Crippen LogP contribution in [0.5, 0.6) is 0 Å². The molecular formula is C22H26N6O3. The number of furan rings is 1. The summed E-state index contributed by atoms with van der Waals surface area (Å²) in [6.45, 7) is 6.69. The number of hydrogen-bond acceptors (Lipinski definition) is 6. The van der Waals surface area contributed by atoms with Crippen LogP contribution in [0.15, 0.2) is 35.1 Å². The third-order valence-electron chi connectivity index (χ3n) is 6.10. The molecule has 0 radical (unpaired) electrons. The summed E-state index contributed by atoms with van der Waals surface area (Å²) in [6, 6.07) is 5.74. The van der Waals surface area contributed by atoms with Crippen LogP contribution < -0.4 is 10.6 Å². The topological polar surface area (TPSA) is 95.6 Å². The number of rotatable bonds is 5. The van der Waals surface area contributed by atoms with E-state index in [9.17, 15) is 9.59 Å². The summed E-state index contributed by atoms with van der Waals surface area (Å²) in [7, 11) is 2.16. The maximum Gasteiger partial charge on any atom is 0.259 e. The molecule has 2 amide bonds. The second-order valence-electron chi connectivity index (χ2n) is 8.19. The molecule has 5 rings (SSSR count). The number of nitrogens with zero attached hydrogens (tertiary/aromatic N) is 4. The Balaban J connectivity index is 1.27. The van der Waals surface area contributed by atoms with Crippen LogP contribution in [0.3, 0.4) is 0 Å². The largest absolute Gasteiger partial charge is 0.468 e. The van der Waals surface area contributed by atoms with Crippen molar-refractivity contribution in [1.29, 1.82) is 0 Å². The molecule has 0 atom stereocenters. The summed E-state index contributed by atoms with van der Waals surface area (Å²) < 4.78 is 7.44. The van der Waals surface area contributed by atoms with Crippen LogP contribution in [0.25, 0.3) is 10.9 Å². The van der Waals surface area contributed by atoms with Crippen LogP contribution in [0, 0.1) is 0 Å². The van der Waals surface area contributed by atoms with Gasteiger partial charge in [-0.05, 0) is 25.2 Å². The van der Waals surface area contributed by atoms with Crippen molar-refractivity contribution < 1.29 is 14.0 Å². The molecule has 9 nitrogen and oxygen atoms in total.